The smallest absolute Gasteiger partial charge is 0.416 e. The molecule has 2 N–H and O–H groups in total. The van der Waals surface area contributed by atoms with Crippen LogP contribution >= 0.6 is 0 Å². The first kappa shape index (κ1) is 26.1. The molecule has 0 aliphatic carbocycles. The van der Waals surface area contributed by atoms with Crippen LogP contribution in [0.2, 0.25) is 0 Å². The molecular formula is C28H23F3N2O6. The van der Waals surface area contributed by atoms with E-state index in [1.807, 2.05) is 12.1 Å². The van der Waals surface area contributed by atoms with Crippen LogP contribution in [0.1, 0.15) is 21.6 Å². The summed E-state index contributed by atoms with van der Waals surface area (Å²) in [6, 6.07) is 16.1. The van der Waals surface area contributed by atoms with E-state index in [1.54, 1.807) is 28.8 Å². The molecule has 0 spiro atoms. The third-order valence-corrected chi connectivity index (χ3v) is 6.47. The highest BCUT2D eigenvalue weighted by Crippen LogP contribution is 2.36. The van der Waals surface area contributed by atoms with E-state index in [4.69, 9.17) is 9.47 Å². The molecule has 1 aromatic heterocycles. The van der Waals surface area contributed by atoms with E-state index in [-0.39, 0.29) is 28.1 Å². The molecule has 1 aliphatic heterocycles. The quantitative estimate of drug-likeness (QED) is 0.315. The Hall–Kier alpha value is -4.51. The third kappa shape index (κ3) is 5.39. The van der Waals surface area contributed by atoms with E-state index in [9.17, 15) is 33.0 Å². The van der Waals surface area contributed by atoms with Crippen LogP contribution in [0.4, 0.5) is 18.9 Å². The Bertz CT molecular complexity index is 1520. The van der Waals surface area contributed by atoms with Gasteiger partial charge in [0.1, 0.15) is 11.5 Å². The van der Waals surface area contributed by atoms with E-state index < -0.39 is 30.1 Å². The largest absolute Gasteiger partial charge is 0.481 e. The molecule has 1 aliphatic rings. The number of benzene rings is 3. The zero-order chi connectivity index (χ0) is 27.7. The fourth-order valence-electron chi connectivity index (χ4n) is 4.71. The van der Waals surface area contributed by atoms with Crippen molar-refractivity contribution in [3.05, 3.63) is 83.6 Å². The van der Waals surface area contributed by atoms with Gasteiger partial charge in [0, 0.05) is 35.5 Å². The number of aromatic carboxylic acids is 1. The molecule has 11 heteroatoms. The number of carboxylic acids is 2. The SMILES string of the molecule is O=C(O)Cc1c(C(=O)O)c2cc(Oc3ccc(C(F)(F)F)cc3)ccc2n1-c1ccc(N2CCOCC2)cc1. The van der Waals surface area contributed by atoms with Crippen molar-refractivity contribution < 1.29 is 42.4 Å². The molecule has 202 valence electrons. The van der Waals surface area contributed by atoms with Crippen molar-refractivity contribution in [3.63, 3.8) is 0 Å². The van der Waals surface area contributed by atoms with Gasteiger partial charge in [-0.15, -0.1) is 0 Å². The highest BCUT2D eigenvalue weighted by molar-refractivity contribution is 6.07. The number of hydrogen-bond acceptors (Lipinski definition) is 5. The van der Waals surface area contributed by atoms with Crippen molar-refractivity contribution in [1.82, 2.24) is 4.57 Å². The minimum Gasteiger partial charge on any atom is -0.481 e. The van der Waals surface area contributed by atoms with Crippen molar-refractivity contribution in [1.29, 1.82) is 0 Å². The fourth-order valence-corrected chi connectivity index (χ4v) is 4.71. The standard InChI is InChI=1S/C28H23F3N2O6/c29-28(30,31)17-1-7-20(8-2-17)39-21-9-10-23-22(15-21)26(27(36)37)24(16-25(34)35)33(23)19-5-3-18(4-6-19)32-11-13-38-14-12-32/h1-10,15H,11-14,16H2,(H,34,35)(H,36,37). The van der Waals surface area contributed by atoms with E-state index in [1.165, 1.54) is 18.2 Å². The molecule has 0 amide bonds. The zero-order valence-electron chi connectivity index (χ0n) is 20.4. The van der Waals surface area contributed by atoms with E-state index in [2.05, 4.69) is 4.90 Å². The number of ether oxygens (including phenoxy) is 2. The van der Waals surface area contributed by atoms with Crippen LogP contribution in [0.5, 0.6) is 11.5 Å². The Morgan fingerprint density at radius 1 is 0.872 bits per heavy atom. The van der Waals surface area contributed by atoms with Gasteiger partial charge in [-0.05, 0) is 66.7 Å². The lowest BCUT2D eigenvalue weighted by Crippen LogP contribution is -2.36. The van der Waals surface area contributed by atoms with Gasteiger partial charge in [0.15, 0.2) is 0 Å². The first-order chi connectivity index (χ1) is 18.6. The molecule has 0 radical (unpaired) electrons. The minimum absolute atomic E-state index is 0.0794. The van der Waals surface area contributed by atoms with Gasteiger partial charge < -0.3 is 29.2 Å². The molecule has 0 bridgehead atoms. The molecule has 5 rings (SSSR count). The Balaban J connectivity index is 1.57. The Kier molecular flexibility index (Phi) is 6.92. The Morgan fingerprint density at radius 3 is 2.08 bits per heavy atom. The average Bonchev–Trinajstić information content (AvgIpc) is 3.21. The normalized spacial score (nSPS) is 14.0. The van der Waals surface area contributed by atoms with Gasteiger partial charge >= 0.3 is 18.1 Å². The minimum atomic E-state index is -4.49. The monoisotopic (exact) mass is 540 g/mol. The fraction of sp³-hybridized carbons (Fsp3) is 0.214. The number of nitrogens with zero attached hydrogens (tertiary/aromatic N) is 2. The van der Waals surface area contributed by atoms with Crippen molar-refractivity contribution in [2.45, 2.75) is 12.6 Å². The van der Waals surface area contributed by atoms with E-state index in [0.717, 1.165) is 30.9 Å². The zero-order valence-corrected chi connectivity index (χ0v) is 20.4. The summed E-state index contributed by atoms with van der Waals surface area (Å²) in [5, 5.41) is 19.9. The highest BCUT2D eigenvalue weighted by atomic mass is 19.4. The maximum atomic E-state index is 12.9. The maximum Gasteiger partial charge on any atom is 0.416 e. The van der Waals surface area contributed by atoms with Crippen LogP contribution in [0.3, 0.4) is 0 Å². The van der Waals surface area contributed by atoms with Gasteiger partial charge in [-0.3, -0.25) is 4.79 Å². The summed E-state index contributed by atoms with van der Waals surface area (Å²) in [5.74, 6) is -2.20. The molecule has 39 heavy (non-hydrogen) atoms. The Labute approximate surface area is 220 Å². The van der Waals surface area contributed by atoms with Crippen LogP contribution in [0, 0.1) is 0 Å². The molecule has 8 nitrogen and oxygen atoms in total. The lowest BCUT2D eigenvalue weighted by molar-refractivity contribution is -0.138. The van der Waals surface area contributed by atoms with Gasteiger partial charge in [0.05, 0.1) is 36.3 Å². The molecule has 2 heterocycles. The number of morpholine rings is 1. The van der Waals surface area contributed by atoms with Crippen LogP contribution in [0.15, 0.2) is 66.7 Å². The number of halogens is 3. The summed E-state index contributed by atoms with van der Waals surface area (Å²) >= 11 is 0. The number of aliphatic carboxylic acids is 1. The van der Waals surface area contributed by atoms with Crippen molar-refractivity contribution in [3.8, 4) is 17.2 Å². The number of alkyl halides is 3. The summed E-state index contributed by atoms with van der Waals surface area (Å²) in [4.78, 5) is 26.3. The molecule has 0 atom stereocenters. The first-order valence-corrected chi connectivity index (χ1v) is 12.0. The molecule has 3 aromatic carbocycles. The number of aromatic nitrogens is 1. The first-order valence-electron chi connectivity index (χ1n) is 12.0. The maximum absolute atomic E-state index is 12.9. The molecule has 1 saturated heterocycles. The van der Waals surface area contributed by atoms with Crippen LogP contribution in [0.25, 0.3) is 16.6 Å². The van der Waals surface area contributed by atoms with Crippen molar-refractivity contribution in [2.24, 2.45) is 0 Å². The van der Waals surface area contributed by atoms with E-state index >= 15 is 0 Å². The molecule has 0 unspecified atom stereocenters. The second kappa shape index (κ2) is 10.3. The van der Waals surface area contributed by atoms with Gasteiger partial charge in [-0.1, -0.05) is 0 Å². The molecular weight excluding hydrogens is 517 g/mol. The van der Waals surface area contributed by atoms with Crippen LogP contribution in [-0.4, -0.2) is 53.0 Å². The summed E-state index contributed by atoms with van der Waals surface area (Å²) in [6.07, 6.45) is -5.03. The number of hydrogen-bond donors (Lipinski definition) is 2. The molecule has 4 aromatic rings. The lowest BCUT2D eigenvalue weighted by atomic mass is 10.1. The van der Waals surface area contributed by atoms with Crippen LogP contribution in [-0.2, 0) is 22.1 Å². The topological polar surface area (TPSA) is 101 Å². The average molecular weight is 540 g/mol. The van der Waals surface area contributed by atoms with Crippen molar-refractivity contribution in [2.75, 3.05) is 31.2 Å². The summed E-state index contributed by atoms with van der Waals surface area (Å²) in [7, 11) is 0. The second-order valence-electron chi connectivity index (χ2n) is 8.95. The highest BCUT2D eigenvalue weighted by Gasteiger charge is 2.30. The van der Waals surface area contributed by atoms with Gasteiger partial charge in [0.25, 0.3) is 0 Å². The summed E-state index contributed by atoms with van der Waals surface area (Å²) < 4.78 is 51.3. The number of carbonyl (C=O) groups is 2. The predicted molar refractivity (Wildman–Crippen MR) is 136 cm³/mol. The van der Waals surface area contributed by atoms with Crippen molar-refractivity contribution >= 4 is 28.5 Å². The molecule has 1 fully saturated rings. The predicted octanol–water partition coefficient (Wildman–Crippen LogP) is 5.60. The Morgan fingerprint density at radius 2 is 1.49 bits per heavy atom. The van der Waals surface area contributed by atoms with E-state index in [0.29, 0.717) is 24.4 Å². The number of carboxylic acid groups (broad SMARTS) is 2. The summed E-state index contributed by atoms with van der Waals surface area (Å²) in [5.41, 5.74) is 1.05. The second-order valence-corrected chi connectivity index (χ2v) is 8.95. The number of anilines is 1. The van der Waals surface area contributed by atoms with Gasteiger partial charge in [-0.2, -0.15) is 13.2 Å². The lowest BCUT2D eigenvalue weighted by Gasteiger charge is -2.29. The number of rotatable bonds is 7. The van der Waals surface area contributed by atoms with Gasteiger partial charge in [0.2, 0.25) is 0 Å². The summed E-state index contributed by atoms with van der Waals surface area (Å²) in [6.45, 7) is 2.71. The molecule has 0 saturated carbocycles. The third-order valence-electron chi connectivity index (χ3n) is 6.47. The van der Waals surface area contributed by atoms with Crippen LogP contribution < -0.4 is 9.64 Å². The number of fused-ring (bicyclic) bond motifs is 1. The van der Waals surface area contributed by atoms with Gasteiger partial charge in [-0.25, -0.2) is 4.79 Å².